The first-order chi connectivity index (χ1) is 11.8. The first-order valence-corrected chi connectivity index (χ1v) is 9.18. The minimum Gasteiger partial charge on any atom is -0.341 e. The van der Waals surface area contributed by atoms with E-state index in [0.29, 0.717) is 24.6 Å². The zero-order valence-corrected chi connectivity index (χ0v) is 15.9. The van der Waals surface area contributed by atoms with Crippen molar-refractivity contribution in [1.82, 2.24) is 9.80 Å². The molecule has 2 unspecified atom stereocenters. The highest BCUT2D eigenvalue weighted by Crippen LogP contribution is 2.24. The molecular formula is C20H31N3O2. The minimum absolute atomic E-state index is 0.0134. The van der Waals surface area contributed by atoms with Crippen molar-refractivity contribution in [3.63, 3.8) is 0 Å². The van der Waals surface area contributed by atoms with Crippen molar-refractivity contribution in [3.8, 4) is 0 Å². The number of amides is 2. The number of rotatable bonds is 5. The topological polar surface area (TPSA) is 66.6 Å². The maximum atomic E-state index is 12.8. The third kappa shape index (κ3) is 4.82. The average Bonchev–Trinajstić information content (AvgIpc) is 2.60. The van der Waals surface area contributed by atoms with Crippen LogP contribution in [0.5, 0.6) is 0 Å². The number of carbonyl (C=O) groups is 2. The van der Waals surface area contributed by atoms with Crippen LogP contribution in [-0.4, -0.2) is 47.8 Å². The van der Waals surface area contributed by atoms with Crippen LogP contribution in [0.4, 0.5) is 0 Å². The lowest BCUT2D eigenvalue weighted by Crippen LogP contribution is -2.49. The third-order valence-corrected chi connectivity index (χ3v) is 5.00. The van der Waals surface area contributed by atoms with E-state index in [-0.39, 0.29) is 23.8 Å². The van der Waals surface area contributed by atoms with Gasteiger partial charge < -0.3 is 15.5 Å². The van der Waals surface area contributed by atoms with Gasteiger partial charge in [0.15, 0.2) is 0 Å². The second-order valence-corrected chi connectivity index (χ2v) is 7.56. The fourth-order valence-corrected chi connectivity index (χ4v) is 3.45. The molecule has 1 aromatic carbocycles. The molecule has 2 amide bonds. The Balaban J connectivity index is 2.04. The van der Waals surface area contributed by atoms with Gasteiger partial charge in [-0.05, 0) is 36.5 Å². The van der Waals surface area contributed by atoms with E-state index in [0.717, 1.165) is 24.9 Å². The van der Waals surface area contributed by atoms with Crippen molar-refractivity contribution >= 4 is 11.8 Å². The molecule has 138 valence electrons. The van der Waals surface area contributed by atoms with Crippen LogP contribution in [0.25, 0.3) is 0 Å². The zero-order chi connectivity index (χ0) is 18.6. The van der Waals surface area contributed by atoms with Crippen LogP contribution in [0.1, 0.15) is 49.5 Å². The highest BCUT2D eigenvalue weighted by atomic mass is 16.2. The van der Waals surface area contributed by atoms with Crippen molar-refractivity contribution in [2.24, 2.45) is 17.6 Å². The van der Waals surface area contributed by atoms with Gasteiger partial charge in [-0.15, -0.1) is 0 Å². The van der Waals surface area contributed by atoms with Crippen molar-refractivity contribution in [2.75, 3.05) is 20.1 Å². The molecule has 1 heterocycles. The van der Waals surface area contributed by atoms with E-state index >= 15 is 0 Å². The smallest absolute Gasteiger partial charge is 0.254 e. The molecule has 5 nitrogen and oxygen atoms in total. The van der Waals surface area contributed by atoms with Gasteiger partial charge in [0, 0.05) is 44.2 Å². The standard InChI is InChI=1S/C20H31N3O2/c1-14(2)19(24)22(4)13-16-5-7-17(8-6-16)20(25)23-10-9-15(3)11-18(23)12-21/h5-8,14-15,18H,9-13,21H2,1-4H3. The molecule has 0 aliphatic carbocycles. The predicted octanol–water partition coefficient (Wildman–Crippen LogP) is 2.50. The molecule has 1 fully saturated rings. The Morgan fingerprint density at radius 1 is 1.28 bits per heavy atom. The van der Waals surface area contributed by atoms with Gasteiger partial charge in [-0.2, -0.15) is 0 Å². The van der Waals surface area contributed by atoms with E-state index in [1.165, 1.54) is 0 Å². The second kappa shape index (κ2) is 8.48. The molecule has 0 aromatic heterocycles. The molecule has 1 aliphatic heterocycles. The molecular weight excluding hydrogens is 314 g/mol. The molecule has 1 saturated heterocycles. The van der Waals surface area contributed by atoms with Crippen LogP contribution < -0.4 is 5.73 Å². The Morgan fingerprint density at radius 2 is 1.92 bits per heavy atom. The Labute approximate surface area is 151 Å². The van der Waals surface area contributed by atoms with Gasteiger partial charge in [0.1, 0.15) is 0 Å². The van der Waals surface area contributed by atoms with E-state index in [2.05, 4.69) is 6.92 Å². The number of hydrogen-bond acceptors (Lipinski definition) is 3. The number of likely N-dealkylation sites (tertiary alicyclic amines) is 1. The van der Waals surface area contributed by atoms with Gasteiger partial charge in [-0.25, -0.2) is 0 Å². The largest absolute Gasteiger partial charge is 0.341 e. The lowest BCUT2D eigenvalue weighted by Gasteiger charge is -2.38. The van der Waals surface area contributed by atoms with Crippen LogP contribution in [0.2, 0.25) is 0 Å². The highest BCUT2D eigenvalue weighted by Gasteiger charge is 2.29. The fraction of sp³-hybridized carbons (Fsp3) is 0.600. The highest BCUT2D eigenvalue weighted by molar-refractivity contribution is 5.94. The van der Waals surface area contributed by atoms with Crippen molar-refractivity contribution in [2.45, 2.75) is 46.2 Å². The molecule has 1 aliphatic rings. The van der Waals surface area contributed by atoms with Crippen LogP contribution in [0.3, 0.4) is 0 Å². The lowest BCUT2D eigenvalue weighted by atomic mass is 9.92. The Kier molecular flexibility index (Phi) is 6.59. The normalized spacial score (nSPS) is 20.6. The molecule has 0 saturated carbocycles. The molecule has 5 heteroatoms. The number of hydrogen-bond donors (Lipinski definition) is 1. The van der Waals surface area contributed by atoms with Crippen molar-refractivity contribution in [1.29, 1.82) is 0 Å². The van der Waals surface area contributed by atoms with E-state index in [1.807, 2.05) is 50.1 Å². The molecule has 2 rings (SSSR count). The SMILES string of the molecule is CC1CCN(C(=O)c2ccc(CN(C)C(=O)C(C)C)cc2)C(CN)C1. The van der Waals surface area contributed by atoms with Gasteiger partial charge in [-0.3, -0.25) is 9.59 Å². The summed E-state index contributed by atoms with van der Waals surface area (Å²) < 4.78 is 0. The maximum Gasteiger partial charge on any atom is 0.254 e. The monoisotopic (exact) mass is 345 g/mol. The average molecular weight is 345 g/mol. The Bertz CT molecular complexity index is 597. The number of carbonyl (C=O) groups excluding carboxylic acids is 2. The first-order valence-electron chi connectivity index (χ1n) is 9.18. The van der Waals surface area contributed by atoms with E-state index in [9.17, 15) is 9.59 Å². The molecule has 0 spiro atoms. The molecule has 25 heavy (non-hydrogen) atoms. The molecule has 0 bridgehead atoms. The number of piperidine rings is 1. The summed E-state index contributed by atoms with van der Waals surface area (Å²) in [7, 11) is 1.81. The van der Waals surface area contributed by atoms with Gasteiger partial charge >= 0.3 is 0 Å². The zero-order valence-electron chi connectivity index (χ0n) is 15.9. The molecule has 2 atom stereocenters. The molecule has 2 N–H and O–H groups in total. The Morgan fingerprint density at radius 3 is 2.48 bits per heavy atom. The first kappa shape index (κ1) is 19.4. The van der Waals surface area contributed by atoms with Gasteiger partial charge in [-0.1, -0.05) is 32.9 Å². The molecule has 1 aromatic rings. The van der Waals surface area contributed by atoms with Gasteiger partial charge in [0.25, 0.3) is 5.91 Å². The lowest BCUT2D eigenvalue weighted by molar-refractivity contribution is -0.133. The van der Waals surface area contributed by atoms with E-state index < -0.39 is 0 Å². The number of benzene rings is 1. The summed E-state index contributed by atoms with van der Waals surface area (Å²) in [5.74, 6) is 0.781. The predicted molar refractivity (Wildman–Crippen MR) is 100 cm³/mol. The van der Waals surface area contributed by atoms with Crippen LogP contribution >= 0.6 is 0 Å². The van der Waals surface area contributed by atoms with Crippen LogP contribution in [0, 0.1) is 11.8 Å². The van der Waals surface area contributed by atoms with Crippen LogP contribution in [0.15, 0.2) is 24.3 Å². The number of nitrogens with zero attached hydrogens (tertiary/aromatic N) is 2. The van der Waals surface area contributed by atoms with Crippen LogP contribution in [-0.2, 0) is 11.3 Å². The second-order valence-electron chi connectivity index (χ2n) is 7.56. The van der Waals surface area contributed by atoms with Crippen molar-refractivity contribution < 1.29 is 9.59 Å². The summed E-state index contributed by atoms with van der Waals surface area (Å²) in [6, 6.07) is 7.71. The third-order valence-electron chi connectivity index (χ3n) is 5.00. The van der Waals surface area contributed by atoms with E-state index in [1.54, 1.807) is 4.90 Å². The quantitative estimate of drug-likeness (QED) is 0.891. The number of nitrogens with two attached hydrogens (primary N) is 1. The summed E-state index contributed by atoms with van der Waals surface area (Å²) in [4.78, 5) is 28.4. The summed E-state index contributed by atoms with van der Waals surface area (Å²) in [6.45, 7) is 7.85. The van der Waals surface area contributed by atoms with Crippen molar-refractivity contribution in [3.05, 3.63) is 35.4 Å². The van der Waals surface area contributed by atoms with Gasteiger partial charge in [0.05, 0.1) is 0 Å². The van der Waals surface area contributed by atoms with E-state index in [4.69, 9.17) is 5.73 Å². The van der Waals surface area contributed by atoms with Gasteiger partial charge in [0.2, 0.25) is 5.91 Å². The fourth-order valence-electron chi connectivity index (χ4n) is 3.45. The Hall–Kier alpha value is -1.88. The minimum atomic E-state index is -0.0134. The summed E-state index contributed by atoms with van der Waals surface area (Å²) in [5.41, 5.74) is 7.59. The summed E-state index contributed by atoms with van der Waals surface area (Å²) >= 11 is 0. The maximum absolute atomic E-state index is 12.8. The molecule has 0 radical (unpaired) electrons. The summed E-state index contributed by atoms with van der Waals surface area (Å²) in [6.07, 6.45) is 2.00. The summed E-state index contributed by atoms with van der Waals surface area (Å²) in [5, 5.41) is 0.